The van der Waals surface area contributed by atoms with Gasteiger partial charge in [0.2, 0.25) is 11.9 Å². The number of anilines is 2. The second-order valence-electron chi connectivity index (χ2n) is 7.82. The van der Waals surface area contributed by atoms with E-state index in [1.54, 1.807) is 16.9 Å². The number of rotatable bonds is 5. The maximum atomic E-state index is 11.6. The number of aromatic nitrogens is 6. The van der Waals surface area contributed by atoms with Gasteiger partial charge in [0, 0.05) is 49.4 Å². The molecule has 10 heteroatoms. The second kappa shape index (κ2) is 8.22. The van der Waals surface area contributed by atoms with Crippen molar-refractivity contribution in [2.75, 3.05) is 29.9 Å². The van der Waals surface area contributed by atoms with Gasteiger partial charge in [-0.25, -0.2) is 4.98 Å². The summed E-state index contributed by atoms with van der Waals surface area (Å²) in [4.78, 5) is 27.0. The number of nitrogens with one attached hydrogen (secondary N) is 2. The number of fused-ring (bicyclic) bond motifs is 1. The fourth-order valence-corrected chi connectivity index (χ4v) is 3.82. The van der Waals surface area contributed by atoms with E-state index < -0.39 is 0 Å². The van der Waals surface area contributed by atoms with Crippen molar-refractivity contribution in [3.05, 3.63) is 59.8 Å². The van der Waals surface area contributed by atoms with Crippen LogP contribution in [0.4, 0.5) is 11.8 Å². The van der Waals surface area contributed by atoms with Crippen LogP contribution in [-0.2, 0) is 11.3 Å². The maximum absolute atomic E-state index is 11.6. The molecule has 1 aliphatic rings. The Morgan fingerprint density at radius 3 is 2.84 bits per heavy atom. The van der Waals surface area contributed by atoms with Crippen LogP contribution < -0.4 is 15.5 Å². The number of carbonyl (C=O) groups excluding carboxylic acids is 1. The van der Waals surface area contributed by atoms with E-state index in [0.29, 0.717) is 37.0 Å². The van der Waals surface area contributed by atoms with E-state index in [-0.39, 0.29) is 5.91 Å². The minimum Gasteiger partial charge on any atom is -0.353 e. The predicted molar refractivity (Wildman–Crippen MR) is 120 cm³/mol. The summed E-state index contributed by atoms with van der Waals surface area (Å²) < 4.78 is 1.79. The number of nitrogens with zero attached hydrogens (tertiary/aromatic N) is 7. The summed E-state index contributed by atoms with van der Waals surface area (Å²) in [6.45, 7) is 6.21. The highest BCUT2D eigenvalue weighted by atomic mass is 16.2. The van der Waals surface area contributed by atoms with E-state index in [4.69, 9.17) is 0 Å². The monoisotopic (exact) mass is 429 g/mol. The number of hydrogen-bond donors (Lipinski definition) is 2. The molecule has 0 aliphatic carbocycles. The first-order valence-electron chi connectivity index (χ1n) is 10.4. The van der Waals surface area contributed by atoms with Gasteiger partial charge in [0.05, 0.1) is 12.2 Å². The summed E-state index contributed by atoms with van der Waals surface area (Å²) in [7, 11) is 0. The molecule has 0 radical (unpaired) electrons. The molecule has 0 atom stereocenters. The first-order valence-corrected chi connectivity index (χ1v) is 10.4. The molecule has 4 aromatic rings. The van der Waals surface area contributed by atoms with Gasteiger partial charge in [-0.2, -0.15) is 0 Å². The molecule has 0 bridgehead atoms. The zero-order valence-electron chi connectivity index (χ0n) is 17.9. The van der Waals surface area contributed by atoms with E-state index >= 15 is 0 Å². The second-order valence-corrected chi connectivity index (χ2v) is 7.82. The van der Waals surface area contributed by atoms with Crippen molar-refractivity contribution < 1.29 is 4.79 Å². The van der Waals surface area contributed by atoms with Gasteiger partial charge in [-0.05, 0) is 37.1 Å². The molecule has 2 N–H and O–H groups in total. The third kappa shape index (κ3) is 3.94. The largest absolute Gasteiger partial charge is 0.353 e. The van der Waals surface area contributed by atoms with Crippen molar-refractivity contribution in [3.8, 4) is 11.3 Å². The molecule has 32 heavy (non-hydrogen) atoms. The lowest BCUT2D eigenvalue weighted by molar-refractivity contribution is -0.120. The van der Waals surface area contributed by atoms with Gasteiger partial charge in [0.1, 0.15) is 12.1 Å². The number of piperazine rings is 1. The molecule has 5 rings (SSSR count). The number of aryl methyl sites for hydroxylation is 2. The van der Waals surface area contributed by atoms with Gasteiger partial charge in [0.15, 0.2) is 5.65 Å². The molecule has 0 spiro atoms. The average Bonchev–Trinajstić information content (AvgIpc) is 3.20. The van der Waals surface area contributed by atoms with Crippen molar-refractivity contribution in [1.29, 1.82) is 0 Å². The van der Waals surface area contributed by atoms with Crippen molar-refractivity contribution in [2.24, 2.45) is 0 Å². The average molecular weight is 429 g/mol. The summed E-state index contributed by atoms with van der Waals surface area (Å²) in [5, 5.41) is 14.6. The normalized spacial score (nSPS) is 13.9. The maximum Gasteiger partial charge on any atom is 0.239 e. The van der Waals surface area contributed by atoms with Crippen molar-refractivity contribution in [2.45, 2.75) is 20.4 Å². The molecule has 1 amide bonds. The van der Waals surface area contributed by atoms with Crippen LogP contribution in [0, 0.1) is 13.8 Å². The van der Waals surface area contributed by atoms with E-state index in [9.17, 15) is 4.79 Å². The van der Waals surface area contributed by atoms with Gasteiger partial charge >= 0.3 is 0 Å². The number of hydrogen-bond acceptors (Lipinski definition) is 8. The first kappa shape index (κ1) is 19.9. The van der Waals surface area contributed by atoms with E-state index in [2.05, 4.69) is 48.8 Å². The molecule has 1 aliphatic heterocycles. The predicted octanol–water partition coefficient (Wildman–Crippen LogP) is 1.75. The van der Waals surface area contributed by atoms with Crippen LogP contribution >= 0.6 is 0 Å². The van der Waals surface area contributed by atoms with Crippen LogP contribution in [0.2, 0.25) is 0 Å². The van der Waals surface area contributed by atoms with Crippen LogP contribution in [0.25, 0.3) is 16.9 Å². The summed E-state index contributed by atoms with van der Waals surface area (Å²) in [5.74, 6) is 1.31. The number of pyridine rings is 2. The highest BCUT2D eigenvalue weighted by molar-refractivity contribution is 5.82. The highest BCUT2D eigenvalue weighted by Gasteiger charge is 2.18. The van der Waals surface area contributed by atoms with E-state index in [0.717, 1.165) is 34.6 Å². The quantitative estimate of drug-likeness (QED) is 0.493. The van der Waals surface area contributed by atoms with Crippen LogP contribution in [-0.4, -0.2) is 55.1 Å². The Kier molecular flexibility index (Phi) is 5.10. The van der Waals surface area contributed by atoms with Crippen LogP contribution in [0.5, 0.6) is 0 Å². The lowest BCUT2D eigenvalue weighted by Gasteiger charge is -2.27. The Hall–Kier alpha value is -4.08. The molecular formula is C22H23N9O. The molecule has 10 nitrogen and oxygen atoms in total. The van der Waals surface area contributed by atoms with Gasteiger partial charge in [-0.1, -0.05) is 6.07 Å². The Balaban J connectivity index is 1.31. The number of amides is 1. The van der Waals surface area contributed by atoms with Crippen molar-refractivity contribution in [1.82, 2.24) is 34.9 Å². The lowest BCUT2D eigenvalue weighted by Crippen LogP contribution is -2.48. The molecule has 162 valence electrons. The van der Waals surface area contributed by atoms with Crippen molar-refractivity contribution in [3.63, 3.8) is 0 Å². The lowest BCUT2D eigenvalue weighted by atomic mass is 10.1. The molecule has 0 unspecified atom stereocenters. The molecule has 5 heterocycles. The molecular weight excluding hydrogens is 406 g/mol. The third-order valence-corrected chi connectivity index (χ3v) is 5.40. The Morgan fingerprint density at radius 2 is 2.03 bits per heavy atom. The fraction of sp³-hybridized carbons (Fsp3) is 0.273. The summed E-state index contributed by atoms with van der Waals surface area (Å²) in [5.41, 5.74) is 5.78. The molecule has 0 saturated carbocycles. The third-order valence-electron chi connectivity index (χ3n) is 5.40. The zero-order chi connectivity index (χ0) is 22.1. The molecule has 4 aromatic heterocycles. The number of carbonyl (C=O) groups is 1. The smallest absolute Gasteiger partial charge is 0.239 e. The summed E-state index contributed by atoms with van der Waals surface area (Å²) in [6.07, 6.45) is 5.35. The zero-order valence-corrected chi connectivity index (χ0v) is 17.9. The van der Waals surface area contributed by atoms with Crippen LogP contribution in [0.3, 0.4) is 0 Å². The van der Waals surface area contributed by atoms with Gasteiger partial charge in [-0.15, -0.1) is 10.2 Å². The molecule has 1 saturated heterocycles. The minimum absolute atomic E-state index is 0.00395. The Labute approximate surface area is 184 Å². The van der Waals surface area contributed by atoms with Gasteiger partial charge < -0.3 is 15.5 Å². The fourth-order valence-electron chi connectivity index (χ4n) is 3.82. The Bertz CT molecular complexity index is 1300. The summed E-state index contributed by atoms with van der Waals surface area (Å²) in [6, 6.07) is 7.97. The van der Waals surface area contributed by atoms with E-state index in [1.165, 1.54) is 0 Å². The van der Waals surface area contributed by atoms with Crippen molar-refractivity contribution >= 4 is 23.3 Å². The standard InChI is InChI=1S/C22H23N9O/c1-14-7-16(10-25-21(14)17-3-4-23-15(2)8-17)11-26-22-29-28-19-9-18(27-13-31(19)22)30-6-5-24-20(32)12-30/h3-4,7-10,13H,5-6,11-12H2,1-2H3,(H,24,32)(H,26,29). The SMILES string of the molecule is Cc1cc(-c2ncc(CNc3nnc4cc(N5CCNC(=O)C5)ncn34)cc2C)ccn1. The van der Waals surface area contributed by atoms with Gasteiger partial charge in [-0.3, -0.25) is 19.2 Å². The van der Waals surface area contributed by atoms with E-state index in [1.807, 2.05) is 36.2 Å². The topological polar surface area (TPSA) is 113 Å². The van der Waals surface area contributed by atoms with Crippen LogP contribution in [0.15, 0.2) is 43.0 Å². The van der Waals surface area contributed by atoms with Gasteiger partial charge in [0.25, 0.3) is 0 Å². The molecule has 0 aromatic carbocycles. The summed E-state index contributed by atoms with van der Waals surface area (Å²) >= 11 is 0. The Morgan fingerprint density at radius 1 is 1.12 bits per heavy atom. The molecule has 1 fully saturated rings. The first-order chi connectivity index (χ1) is 15.6. The minimum atomic E-state index is -0.00395. The van der Waals surface area contributed by atoms with Crippen LogP contribution in [0.1, 0.15) is 16.8 Å². The highest BCUT2D eigenvalue weighted by Crippen LogP contribution is 2.22.